The van der Waals surface area contributed by atoms with E-state index >= 15 is 0 Å². The van der Waals surface area contributed by atoms with Crippen LogP contribution < -0.4 is 5.32 Å². The summed E-state index contributed by atoms with van der Waals surface area (Å²) in [4.78, 5) is 17.1. The number of fused-ring (bicyclic) bond motifs is 1. The molecule has 2 heterocycles. The standard InChI is InChI=1S/C22H22FN3O/c1-14-6-8-17(11-15(14)2)24-22(27)18-9-7-16(12-19(18)23)20-13-26-10-4-3-5-21(26)25-20/h6-9,11-13H,3-5,10H2,1-2H3,(H,24,27). The molecule has 0 unspecified atom stereocenters. The lowest BCUT2D eigenvalue weighted by atomic mass is 10.1. The van der Waals surface area contributed by atoms with Crippen molar-refractivity contribution >= 4 is 11.6 Å². The molecule has 0 fully saturated rings. The fourth-order valence-corrected chi connectivity index (χ4v) is 3.43. The number of aryl methyl sites for hydroxylation is 4. The highest BCUT2D eigenvalue weighted by Gasteiger charge is 2.17. The number of hydrogen-bond donors (Lipinski definition) is 1. The third kappa shape index (κ3) is 3.50. The van der Waals surface area contributed by atoms with Crippen LogP contribution in [0.4, 0.5) is 10.1 Å². The van der Waals surface area contributed by atoms with Crippen LogP contribution in [0.3, 0.4) is 0 Å². The van der Waals surface area contributed by atoms with Gasteiger partial charge < -0.3 is 9.88 Å². The van der Waals surface area contributed by atoms with Crippen molar-refractivity contribution < 1.29 is 9.18 Å². The number of hydrogen-bond acceptors (Lipinski definition) is 2. The van der Waals surface area contributed by atoms with Crippen molar-refractivity contribution in [3.8, 4) is 11.3 Å². The molecule has 4 rings (SSSR count). The van der Waals surface area contributed by atoms with Crippen molar-refractivity contribution in [3.63, 3.8) is 0 Å². The maximum atomic E-state index is 14.6. The molecule has 1 amide bonds. The molecule has 1 aliphatic heterocycles. The minimum atomic E-state index is -0.542. The minimum absolute atomic E-state index is 0.0287. The lowest BCUT2D eigenvalue weighted by Gasteiger charge is -2.11. The molecular weight excluding hydrogens is 341 g/mol. The molecule has 3 aromatic rings. The van der Waals surface area contributed by atoms with E-state index in [9.17, 15) is 9.18 Å². The van der Waals surface area contributed by atoms with E-state index in [0.29, 0.717) is 11.3 Å². The molecule has 1 aliphatic rings. The number of carbonyl (C=O) groups excluding carboxylic acids is 1. The summed E-state index contributed by atoms with van der Waals surface area (Å²) >= 11 is 0. The molecule has 0 atom stereocenters. The van der Waals surface area contributed by atoms with E-state index in [2.05, 4.69) is 14.9 Å². The average Bonchev–Trinajstić information content (AvgIpc) is 3.09. The van der Waals surface area contributed by atoms with Gasteiger partial charge in [0, 0.05) is 30.4 Å². The van der Waals surface area contributed by atoms with Gasteiger partial charge in [-0.3, -0.25) is 4.79 Å². The first kappa shape index (κ1) is 17.5. The number of imidazole rings is 1. The molecule has 1 aromatic heterocycles. The van der Waals surface area contributed by atoms with Crippen molar-refractivity contribution in [2.45, 2.75) is 39.7 Å². The molecule has 0 saturated carbocycles. The average molecular weight is 363 g/mol. The van der Waals surface area contributed by atoms with Crippen LogP contribution in [0.15, 0.2) is 42.6 Å². The van der Waals surface area contributed by atoms with Crippen LogP contribution in [0.25, 0.3) is 11.3 Å². The monoisotopic (exact) mass is 363 g/mol. The Kier molecular flexibility index (Phi) is 4.52. The Morgan fingerprint density at radius 2 is 1.96 bits per heavy atom. The largest absolute Gasteiger partial charge is 0.334 e. The highest BCUT2D eigenvalue weighted by atomic mass is 19.1. The molecule has 0 saturated heterocycles. The van der Waals surface area contributed by atoms with Gasteiger partial charge >= 0.3 is 0 Å². The third-order valence-electron chi connectivity index (χ3n) is 5.18. The zero-order chi connectivity index (χ0) is 19.0. The maximum Gasteiger partial charge on any atom is 0.258 e. The fourth-order valence-electron chi connectivity index (χ4n) is 3.43. The van der Waals surface area contributed by atoms with Gasteiger partial charge in [0.2, 0.25) is 0 Å². The van der Waals surface area contributed by atoms with E-state index in [1.54, 1.807) is 6.07 Å². The Bertz CT molecular complexity index is 999. The molecule has 0 aliphatic carbocycles. The van der Waals surface area contributed by atoms with E-state index in [1.807, 2.05) is 38.2 Å². The Morgan fingerprint density at radius 3 is 2.70 bits per heavy atom. The summed E-state index contributed by atoms with van der Waals surface area (Å²) in [5, 5.41) is 2.77. The lowest BCUT2D eigenvalue weighted by Crippen LogP contribution is -2.14. The number of halogens is 1. The van der Waals surface area contributed by atoms with Gasteiger partial charge in [-0.25, -0.2) is 9.37 Å². The van der Waals surface area contributed by atoms with Crippen LogP contribution in [0.1, 0.15) is 40.2 Å². The second kappa shape index (κ2) is 6.99. The van der Waals surface area contributed by atoms with Crippen molar-refractivity contribution in [1.29, 1.82) is 0 Å². The van der Waals surface area contributed by atoms with E-state index in [1.165, 1.54) is 12.1 Å². The zero-order valence-corrected chi connectivity index (χ0v) is 15.6. The summed E-state index contributed by atoms with van der Waals surface area (Å²) < 4.78 is 16.8. The normalized spacial score (nSPS) is 13.3. The summed E-state index contributed by atoms with van der Waals surface area (Å²) in [6.45, 7) is 4.94. The van der Waals surface area contributed by atoms with Crippen LogP contribution in [0, 0.1) is 19.7 Å². The van der Waals surface area contributed by atoms with Crippen LogP contribution in [0.2, 0.25) is 0 Å². The molecular formula is C22H22FN3O. The van der Waals surface area contributed by atoms with Crippen molar-refractivity contribution in [3.05, 3.63) is 70.9 Å². The Hall–Kier alpha value is -2.95. The highest BCUT2D eigenvalue weighted by molar-refractivity contribution is 6.04. The Labute approximate surface area is 158 Å². The molecule has 0 spiro atoms. The van der Waals surface area contributed by atoms with E-state index in [4.69, 9.17) is 0 Å². The number of nitrogens with one attached hydrogen (secondary N) is 1. The van der Waals surface area contributed by atoms with Gasteiger partial charge in [0.05, 0.1) is 11.3 Å². The zero-order valence-electron chi connectivity index (χ0n) is 15.6. The predicted octanol–water partition coefficient (Wildman–Crippen LogP) is 4.89. The maximum absolute atomic E-state index is 14.6. The van der Waals surface area contributed by atoms with Crippen LogP contribution in [-0.2, 0) is 13.0 Å². The van der Waals surface area contributed by atoms with E-state index in [-0.39, 0.29) is 5.56 Å². The minimum Gasteiger partial charge on any atom is -0.334 e. The molecule has 4 nitrogen and oxygen atoms in total. The Balaban J connectivity index is 1.56. The van der Waals surface area contributed by atoms with Gasteiger partial charge in [0.1, 0.15) is 11.6 Å². The van der Waals surface area contributed by atoms with Crippen LogP contribution in [0.5, 0.6) is 0 Å². The second-order valence-electron chi connectivity index (χ2n) is 7.14. The fraction of sp³-hybridized carbons (Fsp3) is 0.273. The lowest BCUT2D eigenvalue weighted by molar-refractivity contribution is 0.102. The SMILES string of the molecule is Cc1ccc(NC(=O)c2ccc(-c3cn4c(n3)CCCC4)cc2F)cc1C. The topological polar surface area (TPSA) is 46.9 Å². The predicted molar refractivity (Wildman–Crippen MR) is 104 cm³/mol. The van der Waals surface area contributed by atoms with E-state index < -0.39 is 11.7 Å². The number of aromatic nitrogens is 2. The number of carbonyl (C=O) groups is 1. The summed E-state index contributed by atoms with van der Waals surface area (Å²) in [5.74, 6) is 0.0551. The van der Waals surface area contributed by atoms with Gasteiger partial charge in [0.15, 0.2) is 0 Å². The third-order valence-corrected chi connectivity index (χ3v) is 5.18. The van der Waals surface area contributed by atoms with Gasteiger partial charge in [-0.2, -0.15) is 0 Å². The summed E-state index contributed by atoms with van der Waals surface area (Å²) in [6.07, 6.45) is 5.22. The molecule has 1 N–H and O–H groups in total. The van der Waals surface area contributed by atoms with Gasteiger partial charge in [0.25, 0.3) is 5.91 Å². The van der Waals surface area contributed by atoms with Crippen molar-refractivity contribution in [2.75, 3.05) is 5.32 Å². The molecule has 0 bridgehead atoms. The van der Waals surface area contributed by atoms with E-state index in [0.717, 1.165) is 48.5 Å². The number of nitrogens with zero attached hydrogens (tertiary/aromatic N) is 2. The highest BCUT2D eigenvalue weighted by Crippen LogP contribution is 2.25. The molecule has 138 valence electrons. The summed E-state index contributed by atoms with van der Waals surface area (Å²) in [6, 6.07) is 10.3. The summed E-state index contributed by atoms with van der Waals surface area (Å²) in [7, 11) is 0. The molecule has 2 aromatic carbocycles. The van der Waals surface area contributed by atoms with Gasteiger partial charge in [-0.15, -0.1) is 0 Å². The number of benzene rings is 2. The van der Waals surface area contributed by atoms with Gasteiger partial charge in [-0.05, 0) is 62.1 Å². The molecule has 27 heavy (non-hydrogen) atoms. The molecule has 0 radical (unpaired) electrons. The van der Waals surface area contributed by atoms with Crippen LogP contribution in [-0.4, -0.2) is 15.5 Å². The smallest absolute Gasteiger partial charge is 0.258 e. The van der Waals surface area contributed by atoms with Crippen LogP contribution >= 0.6 is 0 Å². The number of amides is 1. The number of anilines is 1. The first-order chi connectivity index (χ1) is 13.0. The summed E-state index contributed by atoms with van der Waals surface area (Å²) in [5.41, 5.74) is 4.36. The Morgan fingerprint density at radius 1 is 1.11 bits per heavy atom. The second-order valence-corrected chi connectivity index (χ2v) is 7.14. The van der Waals surface area contributed by atoms with Gasteiger partial charge in [-0.1, -0.05) is 12.1 Å². The first-order valence-electron chi connectivity index (χ1n) is 9.26. The van der Waals surface area contributed by atoms with Crippen molar-refractivity contribution in [2.24, 2.45) is 0 Å². The number of rotatable bonds is 3. The first-order valence-corrected chi connectivity index (χ1v) is 9.26. The molecule has 5 heteroatoms. The van der Waals surface area contributed by atoms with Crippen molar-refractivity contribution in [1.82, 2.24) is 9.55 Å². The quantitative estimate of drug-likeness (QED) is 0.720.